The minimum atomic E-state index is -0.341. The maximum absolute atomic E-state index is 5.92. The highest BCUT2D eigenvalue weighted by molar-refractivity contribution is 4.88. The van der Waals surface area contributed by atoms with Crippen molar-refractivity contribution in [1.29, 1.82) is 0 Å². The molecule has 2 aliphatic rings. The Bertz CT molecular complexity index is 179. The van der Waals surface area contributed by atoms with Gasteiger partial charge in [-0.3, -0.25) is 0 Å². The minimum Gasteiger partial charge on any atom is -0.343 e. The standard InChI is InChI=1S/C10H20N2O2/c11-6-8-9(7-12)14-10(13-8)4-2-1-3-5-10/h8-9H,1-7,11-12H2/t8-,9-/m1/s1. The van der Waals surface area contributed by atoms with Gasteiger partial charge in [-0.2, -0.15) is 0 Å². The van der Waals surface area contributed by atoms with Crippen molar-refractivity contribution in [2.24, 2.45) is 11.5 Å². The van der Waals surface area contributed by atoms with Crippen molar-refractivity contribution in [2.45, 2.75) is 50.1 Å². The third-order valence-corrected chi connectivity index (χ3v) is 3.23. The highest BCUT2D eigenvalue weighted by Crippen LogP contribution is 2.39. The van der Waals surface area contributed by atoms with Crippen LogP contribution in [-0.4, -0.2) is 31.1 Å². The van der Waals surface area contributed by atoms with E-state index < -0.39 is 0 Å². The lowest BCUT2D eigenvalue weighted by atomic mass is 9.94. The van der Waals surface area contributed by atoms with Crippen LogP contribution in [0, 0.1) is 0 Å². The second-order valence-corrected chi connectivity index (χ2v) is 4.26. The van der Waals surface area contributed by atoms with Gasteiger partial charge in [-0.05, 0) is 12.8 Å². The third-order valence-electron chi connectivity index (χ3n) is 3.23. The number of hydrogen-bond acceptors (Lipinski definition) is 4. The summed E-state index contributed by atoms with van der Waals surface area (Å²) in [5, 5.41) is 0. The van der Waals surface area contributed by atoms with Crippen molar-refractivity contribution in [3.8, 4) is 0 Å². The Labute approximate surface area is 84.9 Å². The van der Waals surface area contributed by atoms with Crippen LogP contribution in [-0.2, 0) is 9.47 Å². The van der Waals surface area contributed by atoms with Crippen LogP contribution < -0.4 is 11.5 Å². The molecule has 1 heterocycles. The lowest BCUT2D eigenvalue weighted by Gasteiger charge is -2.31. The molecule has 0 amide bonds. The van der Waals surface area contributed by atoms with Gasteiger partial charge >= 0.3 is 0 Å². The third kappa shape index (κ3) is 1.80. The molecule has 2 rings (SSSR count). The maximum Gasteiger partial charge on any atom is 0.169 e. The molecule has 1 spiro atoms. The van der Waals surface area contributed by atoms with Gasteiger partial charge in [-0.25, -0.2) is 0 Å². The van der Waals surface area contributed by atoms with E-state index in [-0.39, 0.29) is 18.0 Å². The summed E-state index contributed by atoms with van der Waals surface area (Å²) in [4.78, 5) is 0. The average molecular weight is 200 g/mol. The summed E-state index contributed by atoms with van der Waals surface area (Å²) < 4.78 is 11.8. The molecule has 1 aliphatic heterocycles. The number of rotatable bonds is 2. The van der Waals surface area contributed by atoms with Crippen LogP contribution in [0.2, 0.25) is 0 Å². The van der Waals surface area contributed by atoms with E-state index in [9.17, 15) is 0 Å². The van der Waals surface area contributed by atoms with Gasteiger partial charge in [0, 0.05) is 25.9 Å². The number of hydrogen-bond donors (Lipinski definition) is 2. The van der Waals surface area contributed by atoms with Crippen LogP contribution in [0.15, 0.2) is 0 Å². The smallest absolute Gasteiger partial charge is 0.169 e. The summed E-state index contributed by atoms with van der Waals surface area (Å²) in [6, 6.07) is 0. The van der Waals surface area contributed by atoms with Gasteiger partial charge in [-0.1, -0.05) is 6.42 Å². The van der Waals surface area contributed by atoms with Crippen LogP contribution in [0.1, 0.15) is 32.1 Å². The molecule has 0 aromatic rings. The summed E-state index contributed by atoms with van der Waals surface area (Å²) in [7, 11) is 0. The summed E-state index contributed by atoms with van der Waals surface area (Å²) in [5.74, 6) is -0.341. The summed E-state index contributed by atoms with van der Waals surface area (Å²) in [5.41, 5.74) is 11.3. The van der Waals surface area contributed by atoms with E-state index in [0.717, 1.165) is 12.8 Å². The van der Waals surface area contributed by atoms with E-state index in [1.807, 2.05) is 0 Å². The first-order chi connectivity index (χ1) is 6.79. The Hall–Kier alpha value is -0.160. The van der Waals surface area contributed by atoms with Crippen LogP contribution in [0.3, 0.4) is 0 Å². The molecule has 1 aliphatic carbocycles. The molecule has 0 unspecified atom stereocenters. The lowest BCUT2D eigenvalue weighted by Crippen LogP contribution is -2.35. The molecule has 0 aromatic carbocycles. The molecule has 1 saturated heterocycles. The van der Waals surface area contributed by atoms with Gasteiger partial charge in [0.25, 0.3) is 0 Å². The Balaban J connectivity index is 2.01. The Morgan fingerprint density at radius 1 is 0.929 bits per heavy atom. The van der Waals surface area contributed by atoms with E-state index in [4.69, 9.17) is 20.9 Å². The van der Waals surface area contributed by atoms with Gasteiger partial charge in [0.15, 0.2) is 5.79 Å². The van der Waals surface area contributed by atoms with Crippen LogP contribution >= 0.6 is 0 Å². The molecule has 82 valence electrons. The molecular formula is C10H20N2O2. The van der Waals surface area contributed by atoms with Crippen molar-refractivity contribution in [2.75, 3.05) is 13.1 Å². The van der Waals surface area contributed by atoms with Crippen LogP contribution in [0.5, 0.6) is 0 Å². The topological polar surface area (TPSA) is 70.5 Å². The van der Waals surface area contributed by atoms with Crippen molar-refractivity contribution in [3.63, 3.8) is 0 Å². The number of nitrogens with two attached hydrogens (primary N) is 2. The van der Waals surface area contributed by atoms with E-state index in [2.05, 4.69) is 0 Å². The first-order valence-corrected chi connectivity index (χ1v) is 5.55. The quantitative estimate of drug-likeness (QED) is 0.674. The van der Waals surface area contributed by atoms with Crippen molar-refractivity contribution in [3.05, 3.63) is 0 Å². The van der Waals surface area contributed by atoms with Crippen molar-refractivity contribution >= 4 is 0 Å². The molecule has 4 nitrogen and oxygen atoms in total. The monoisotopic (exact) mass is 200 g/mol. The van der Waals surface area contributed by atoms with Gasteiger partial charge in [-0.15, -0.1) is 0 Å². The van der Waals surface area contributed by atoms with Gasteiger partial charge in [0.05, 0.1) is 0 Å². The predicted molar refractivity (Wildman–Crippen MR) is 53.7 cm³/mol. The largest absolute Gasteiger partial charge is 0.343 e. The van der Waals surface area contributed by atoms with E-state index >= 15 is 0 Å². The van der Waals surface area contributed by atoms with E-state index in [1.165, 1.54) is 19.3 Å². The van der Waals surface area contributed by atoms with Crippen LogP contribution in [0.25, 0.3) is 0 Å². The maximum atomic E-state index is 5.92. The fourth-order valence-corrected chi connectivity index (χ4v) is 2.46. The second-order valence-electron chi connectivity index (χ2n) is 4.26. The minimum absolute atomic E-state index is 0.00176. The Kier molecular flexibility index (Phi) is 3.07. The van der Waals surface area contributed by atoms with E-state index in [0.29, 0.717) is 13.1 Å². The van der Waals surface area contributed by atoms with Crippen LogP contribution in [0.4, 0.5) is 0 Å². The zero-order valence-electron chi connectivity index (χ0n) is 8.58. The SMILES string of the molecule is NC[C@H]1OC2(CCCCC2)O[C@@H]1CN. The zero-order chi connectivity index (χ0) is 10.0. The fourth-order valence-electron chi connectivity index (χ4n) is 2.46. The molecule has 4 N–H and O–H groups in total. The summed E-state index contributed by atoms with van der Waals surface area (Å²) >= 11 is 0. The van der Waals surface area contributed by atoms with Gasteiger partial charge in [0.1, 0.15) is 12.2 Å². The second kappa shape index (κ2) is 4.14. The lowest BCUT2D eigenvalue weighted by molar-refractivity contribution is -0.192. The van der Waals surface area contributed by atoms with Gasteiger partial charge in [0.2, 0.25) is 0 Å². The molecule has 2 atom stereocenters. The molecule has 4 heteroatoms. The van der Waals surface area contributed by atoms with Gasteiger partial charge < -0.3 is 20.9 Å². The molecule has 0 radical (unpaired) electrons. The Morgan fingerprint density at radius 2 is 1.43 bits per heavy atom. The Morgan fingerprint density at radius 3 is 1.86 bits per heavy atom. The average Bonchev–Trinajstić information content (AvgIpc) is 2.57. The van der Waals surface area contributed by atoms with Crippen molar-refractivity contribution in [1.82, 2.24) is 0 Å². The molecular weight excluding hydrogens is 180 g/mol. The van der Waals surface area contributed by atoms with E-state index in [1.54, 1.807) is 0 Å². The highest BCUT2D eigenvalue weighted by Gasteiger charge is 2.46. The molecule has 0 bridgehead atoms. The fraction of sp³-hybridized carbons (Fsp3) is 1.00. The summed E-state index contributed by atoms with van der Waals surface area (Å²) in [6.45, 7) is 1.01. The predicted octanol–water partition coefficient (Wildman–Crippen LogP) is 0.348. The summed E-state index contributed by atoms with van der Waals surface area (Å²) in [6.07, 6.45) is 5.66. The number of ether oxygens (including phenoxy) is 2. The van der Waals surface area contributed by atoms with Crippen molar-refractivity contribution < 1.29 is 9.47 Å². The first-order valence-electron chi connectivity index (χ1n) is 5.55. The molecule has 1 saturated carbocycles. The molecule has 14 heavy (non-hydrogen) atoms. The highest BCUT2D eigenvalue weighted by atomic mass is 16.8. The normalized spacial score (nSPS) is 36.4. The zero-order valence-corrected chi connectivity index (χ0v) is 8.58. The first kappa shape index (κ1) is 10.4. The molecule has 2 fully saturated rings. The molecule has 0 aromatic heterocycles.